The minimum absolute atomic E-state index is 0.0557. The van der Waals surface area contributed by atoms with Gasteiger partial charge in [-0.15, -0.1) is 0 Å². The molecule has 21 heavy (non-hydrogen) atoms. The molecule has 0 saturated heterocycles. The maximum Gasteiger partial charge on any atom is 0.238 e. The van der Waals surface area contributed by atoms with Gasteiger partial charge in [0.05, 0.1) is 10.9 Å². The summed E-state index contributed by atoms with van der Waals surface area (Å²) >= 11 is 0. The van der Waals surface area contributed by atoms with Crippen LogP contribution in [0, 0.1) is 0 Å². The summed E-state index contributed by atoms with van der Waals surface area (Å²) in [7, 11) is -3.69. The standard InChI is InChI=1S/C14H21N3O3S/c1-10(17-13(18)9-14(15)7-2-8-14)11-3-5-12(6-4-11)21(16,19)20/h3-6,10H,2,7-9,15H2,1H3,(H,17,18)(H2,16,19,20). The van der Waals surface area contributed by atoms with Crippen LogP contribution in [0.2, 0.25) is 0 Å². The largest absolute Gasteiger partial charge is 0.350 e. The van der Waals surface area contributed by atoms with Gasteiger partial charge >= 0.3 is 0 Å². The molecule has 1 unspecified atom stereocenters. The third-order valence-electron chi connectivity index (χ3n) is 3.95. The van der Waals surface area contributed by atoms with Gasteiger partial charge in [0.25, 0.3) is 0 Å². The first-order chi connectivity index (χ1) is 9.70. The van der Waals surface area contributed by atoms with Crippen LogP contribution in [0.25, 0.3) is 0 Å². The van der Waals surface area contributed by atoms with Crippen LogP contribution in [0.5, 0.6) is 0 Å². The van der Waals surface area contributed by atoms with Crippen LogP contribution in [0.15, 0.2) is 29.2 Å². The first-order valence-corrected chi connectivity index (χ1v) is 8.45. The summed E-state index contributed by atoms with van der Waals surface area (Å²) < 4.78 is 22.4. The quantitative estimate of drug-likeness (QED) is 0.745. The number of carbonyl (C=O) groups is 1. The molecule has 116 valence electrons. The van der Waals surface area contributed by atoms with E-state index in [2.05, 4.69) is 5.32 Å². The molecule has 0 aliphatic heterocycles. The third-order valence-corrected chi connectivity index (χ3v) is 4.88. The van der Waals surface area contributed by atoms with Crippen LogP contribution in [-0.4, -0.2) is 19.9 Å². The second-order valence-electron chi connectivity index (χ2n) is 5.80. The van der Waals surface area contributed by atoms with Crippen molar-refractivity contribution in [2.45, 2.75) is 49.1 Å². The number of primary sulfonamides is 1. The molecular weight excluding hydrogens is 290 g/mol. The number of rotatable bonds is 5. The number of nitrogens with two attached hydrogens (primary N) is 2. The van der Waals surface area contributed by atoms with Gasteiger partial charge in [-0.2, -0.15) is 0 Å². The van der Waals surface area contributed by atoms with E-state index in [-0.39, 0.29) is 22.4 Å². The van der Waals surface area contributed by atoms with Gasteiger partial charge < -0.3 is 11.1 Å². The molecule has 0 aromatic heterocycles. The Morgan fingerprint density at radius 2 is 1.90 bits per heavy atom. The van der Waals surface area contributed by atoms with Crippen molar-refractivity contribution >= 4 is 15.9 Å². The van der Waals surface area contributed by atoms with Gasteiger partial charge in [-0.3, -0.25) is 4.79 Å². The molecule has 5 N–H and O–H groups in total. The van der Waals surface area contributed by atoms with Gasteiger partial charge in [0.15, 0.2) is 0 Å². The molecule has 1 atom stereocenters. The van der Waals surface area contributed by atoms with Crippen molar-refractivity contribution in [3.63, 3.8) is 0 Å². The van der Waals surface area contributed by atoms with Gasteiger partial charge in [-0.1, -0.05) is 12.1 Å². The molecule has 6 nitrogen and oxygen atoms in total. The van der Waals surface area contributed by atoms with Crippen LogP contribution in [0.1, 0.15) is 44.2 Å². The predicted molar refractivity (Wildman–Crippen MR) is 79.8 cm³/mol. The molecule has 1 amide bonds. The smallest absolute Gasteiger partial charge is 0.238 e. The Hall–Kier alpha value is -1.44. The maximum atomic E-state index is 12.0. The molecule has 1 fully saturated rings. The molecule has 1 aliphatic rings. The second-order valence-corrected chi connectivity index (χ2v) is 7.36. The lowest BCUT2D eigenvalue weighted by molar-refractivity contribution is -0.123. The minimum atomic E-state index is -3.69. The van der Waals surface area contributed by atoms with Crippen molar-refractivity contribution in [2.75, 3.05) is 0 Å². The number of benzene rings is 1. The lowest BCUT2D eigenvalue weighted by atomic mass is 9.75. The lowest BCUT2D eigenvalue weighted by Crippen LogP contribution is -2.50. The van der Waals surface area contributed by atoms with Gasteiger partial charge in [-0.05, 0) is 43.9 Å². The van der Waals surface area contributed by atoms with E-state index in [4.69, 9.17) is 10.9 Å². The summed E-state index contributed by atoms with van der Waals surface area (Å²) in [6.45, 7) is 1.84. The predicted octanol–water partition coefficient (Wildman–Crippen LogP) is 0.783. The number of hydrogen-bond acceptors (Lipinski definition) is 4. The Balaban J connectivity index is 1.96. The average molecular weight is 311 g/mol. The van der Waals surface area contributed by atoms with Crippen molar-refractivity contribution in [3.05, 3.63) is 29.8 Å². The van der Waals surface area contributed by atoms with E-state index in [1.54, 1.807) is 12.1 Å². The average Bonchev–Trinajstić information content (AvgIpc) is 2.35. The van der Waals surface area contributed by atoms with Crippen LogP contribution in [0.4, 0.5) is 0 Å². The van der Waals surface area contributed by atoms with Crippen molar-refractivity contribution < 1.29 is 13.2 Å². The van der Waals surface area contributed by atoms with Gasteiger partial charge in [0.1, 0.15) is 0 Å². The Morgan fingerprint density at radius 3 is 2.33 bits per heavy atom. The van der Waals surface area contributed by atoms with Crippen LogP contribution >= 0.6 is 0 Å². The molecule has 7 heteroatoms. The molecule has 0 heterocycles. The van der Waals surface area contributed by atoms with E-state index >= 15 is 0 Å². The van der Waals surface area contributed by atoms with E-state index in [9.17, 15) is 13.2 Å². The zero-order chi connectivity index (χ0) is 15.7. The molecule has 1 aromatic rings. The molecule has 0 bridgehead atoms. The zero-order valence-electron chi connectivity index (χ0n) is 12.0. The summed E-state index contributed by atoms with van der Waals surface area (Å²) in [4.78, 5) is 12.0. The molecule has 1 aromatic carbocycles. The first kappa shape index (κ1) is 15.9. The number of hydrogen-bond donors (Lipinski definition) is 3. The summed E-state index contributed by atoms with van der Waals surface area (Å²) in [5.74, 6) is -0.0831. The highest BCUT2D eigenvalue weighted by molar-refractivity contribution is 7.89. The van der Waals surface area contributed by atoms with Crippen LogP contribution in [-0.2, 0) is 14.8 Å². The van der Waals surface area contributed by atoms with Crippen molar-refractivity contribution in [3.8, 4) is 0 Å². The van der Waals surface area contributed by atoms with E-state index in [1.165, 1.54) is 12.1 Å². The topological polar surface area (TPSA) is 115 Å². The number of nitrogens with one attached hydrogen (secondary N) is 1. The SMILES string of the molecule is CC(NC(=O)CC1(N)CCC1)c1ccc(S(N)(=O)=O)cc1. The molecule has 2 rings (SSSR count). The number of sulfonamides is 1. The lowest BCUT2D eigenvalue weighted by Gasteiger charge is -2.37. The first-order valence-electron chi connectivity index (χ1n) is 6.91. The highest BCUT2D eigenvalue weighted by Gasteiger charge is 2.34. The van der Waals surface area contributed by atoms with Crippen molar-refractivity contribution in [2.24, 2.45) is 10.9 Å². The fourth-order valence-corrected chi connectivity index (χ4v) is 2.96. The van der Waals surface area contributed by atoms with E-state index in [0.717, 1.165) is 24.8 Å². The van der Waals surface area contributed by atoms with Gasteiger partial charge in [0.2, 0.25) is 15.9 Å². The van der Waals surface area contributed by atoms with Crippen molar-refractivity contribution in [1.29, 1.82) is 0 Å². The Kier molecular flexibility index (Phi) is 4.36. The van der Waals surface area contributed by atoms with E-state index in [0.29, 0.717) is 6.42 Å². The normalized spacial score (nSPS) is 18.6. The maximum absolute atomic E-state index is 12.0. The summed E-state index contributed by atoms with van der Waals surface area (Å²) in [6, 6.07) is 5.95. The van der Waals surface area contributed by atoms with Crippen LogP contribution < -0.4 is 16.2 Å². The third kappa shape index (κ3) is 4.03. The van der Waals surface area contributed by atoms with E-state index in [1.807, 2.05) is 6.92 Å². The monoisotopic (exact) mass is 311 g/mol. The molecular formula is C14H21N3O3S. The summed E-state index contributed by atoms with van der Waals surface area (Å²) in [5.41, 5.74) is 6.51. The Bertz CT molecular complexity index is 621. The fourth-order valence-electron chi connectivity index (χ4n) is 2.45. The highest BCUT2D eigenvalue weighted by Crippen LogP contribution is 2.32. The highest BCUT2D eigenvalue weighted by atomic mass is 32.2. The fraction of sp³-hybridized carbons (Fsp3) is 0.500. The van der Waals surface area contributed by atoms with Gasteiger partial charge in [-0.25, -0.2) is 13.6 Å². The number of carbonyl (C=O) groups excluding carboxylic acids is 1. The summed E-state index contributed by atoms with van der Waals surface area (Å²) in [6.07, 6.45) is 3.18. The molecule has 1 aliphatic carbocycles. The molecule has 0 radical (unpaired) electrons. The summed E-state index contributed by atoms with van der Waals surface area (Å²) in [5, 5.41) is 7.92. The van der Waals surface area contributed by atoms with E-state index < -0.39 is 10.0 Å². The molecule has 1 saturated carbocycles. The molecule has 0 spiro atoms. The zero-order valence-corrected chi connectivity index (χ0v) is 12.8. The Labute approximate surface area is 124 Å². The second kappa shape index (κ2) is 5.75. The van der Waals surface area contributed by atoms with Crippen LogP contribution in [0.3, 0.4) is 0 Å². The minimum Gasteiger partial charge on any atom is -0.350 e. The number of amides is 1. The van der Waals surface area contributed by atoms with Gasteiger partial charge in [0, 0.05) is 12.0 Å². The Morgan fingerprint density at radius 1 is 1.33 bits per heavy atom. The van der Waals surface area contributed by atoms with Crippen molar-refractivity contribution in [1.82, 2.24) is 5.32 Å².